The zero-order valence-electron chi connectivity index (χ0n) is 17.6. The van der Waals surface area contributed by atoms with Gasteiger partial charge in [0.1, 0.15) is 5.54 Å². The van der Waals surface area contributed by atoms with Crippen LogP contribution in [0.15, 0.2) is 48.5 Å². The molecule has 0 spiro atoms. The SMILES string of the molecule is CCC1(c2ccc(Cl)cc2)NC(=O)N(CC(=O)c2ccc(NC(=O)C(C)C)cc2)C1=O. The molecule has 2 aromatic carbocycles. The minimum atomic E-state index is -1.23. The monoisotopic (exact) mass is 441 g/mol. The molecule has 4 amide bonds. The number of amides is 4. The van der Waals surface area contributed by atoms with E-state index >= 15 is 0 Å². The van der Waals surface area contributed by atoms with E-state index in [-0.39, 0.29) is 24.2 Å². The number of imide groups is 1. The molecule has 0 saturated carbocycles. The van der Waals surface area contributed by atoms with Crippen molar-refractivity contribution in [3.05, 3.63) is 64.7 Å². The lowest BCUT2D eigenvalue weighted by Gasteiger charge is -2.25. The minimum absolute atomic E-state index is 0.128. The first-order chi connectivity index (χ1) is 14.7. The van der Waals surface area contributed by atoms with Gasteiger partial charge in [-0.3, -0.25) is 19.3 Å². The number of nitrogens with zero attached hydrogens (tertiary/aromatic N) is 1. The number of benzene rings is 2. The number of hydrogen-bond acceptors (Lipinski definition) is 4. The molecule has 1 saturated heterocycles. The van der Waals surface area contributed by atoms with Crippen molar-refractivity contribution < 1.29 is 19.2 Å². The zero-order chi connectivity index (χ0) is 22.8. The van der Waals surface area contributed by atoms with Crippen LogP contribution in [0.25, 0.3) is 0 Å². The van der Waals surface area contributed by atoms with Crippen LogP contribution in [0.3, 0.4) is 0 Å². The molecule has 2 N–H and O–H groups in total. The molecule has 0 radical (unpaired) electrons. The van der Waals surface area contributed by atoms with E-state index in [9.17, 15) is 19.2 Å². The van der Waals surface area contributed by atoms with Crippen LogP contribution in [0.1, 0.15) is 43.1 Å². The van der Waals surface area contributed by atoms with E-state index in [0.29, 0.717) is 28.3 Å². The lowest BCUT2D eigenvalue weighted by molar-refractivity contribution is -0.131. The smallest absolute Gasteiger partial charge is 0.325 e. The van der Waals surface area contributed by atoms with Crippen LogP contribution >= 0.6 is 11.6 Å². The topological polar surface area (TPSA) is 95.6 Å². The van der Waals surface area contributed by atoms with Crippen LogP contribution in [-0.2, 0) is 15.1 Å². The van der Waals surface area contributed by atoms with E-state index < -0.39 is 17.5 Å². The van der Waals surface area contributed by atoms with Crippen molar-refractivity contribution in [1.29, 1.82) is 0 Å². The Morgan fingerprint density at radius 3 is 2.23 bits per heavy atom. The lowest BCUT2D eigenvalue weighted by atomic mass is 9.87. The molecule has 31 heavy (non-hydrogen) atoms. The second-order valence-corrected chi connectivity index (χ2v) is 8.17. The molecule has 3 rings (SSSR count). The molecule has 0 aliphatic carbocycles. The second kappa shape index (κ2) is 8.89. The Labute approximate surface area is 185 Å². The Morgan fingerprint density at radius 1 is 1.06 bits per heavy atom. The van der Waals surface area contributed by atoms with E-state index in [1.807, 2.05) is 0 Å². The summed E-state index contributed by atoms with van der Waals surface area (Å²) in [6.45, 7) is 4.98. The van der Waals surface area contributed by atoms with Gasteiger partial charge in [0.25, 0.3) is 5.91 Å². The fourth-order valence-corrected chi connectivity index (χ4v) is 3.53. The van der Waals surface area contributed by atoms with Crippen LogP contribution in [0.5, 0.6) is 0 Å². The largest absolute Gasteiger partial charge is 0.326 e. The van der Waals surface area contributed by atoms with Crippen LogP contribution in [0.4, 0.5) is 10.5 Å². The van der Waals surface area contributed by atoms with E-state index in [0.717, 1.165) is 4.90 Å². The van der Waals surface area contributed by atoms with E-state index in [2.05, 4.69) is 10.6 Å². The van der Waals surface area contributed by atoms with Gasteiger partial charge in [-0.2, -0.15) is 0 Å². The van der Waals surface area contributed by atoms with Gasteiger partial charge < -0.3 is 10.6 Å². The highest BCUT2D eigenvalue weighted by molar-refractivity contribution is 6.30. The molecule has 1 fully saturated rings. The summed E-state index contributed by atoms with van der Waals surface area (Å²) in [5.74, 6) is -1.15. The number of halogens is 1. The summed E-state index contributed by atoms with van der Waals surface area (Å²) in [6, 6.07) is 12.4. The van der Waals surface area contributed by atoms with Gasteiger partial charge in [-0.05, 0) is 48.4 Å². The van der Waals surface area contributed by atoms with Gasteiger partial charge in [0.2, 0.25) is 5.91 Å². The maximum atomic E-state index is 13.2. The molecule has 1 aliphatic heterocycles. The summed E-state index contributed by atoms with van der Waals surface area (Å²) in [4.78, 5) is 51.2. The van der Waals surface area contributed by atoms with Crippen molar-refractivity contribution in [3.63, 3.8) is 0 Å². The molecule has 0 aromatic heterocycles. The molecule has 1 atom stereocenters. The number of ketones is 1. The van der Waals surface area contributed by atoms with Crippen molar-refractivity contribution in [2.75, 3.05) is 11.9 Å². The molecule has 1 unspecified atom stereocenters. The van der Waals surface area contributed by atoms with Crippen LogP contribution in [0.2, 0.25) is 5.02 Å². The molecule has 2 aromatic rings. The number of urea groups is 1. The summed E-state index contributed by atoms with van der Waals surface area (Å²) in [5.41, 5.74) is 0.284. The Hall–Kier alpha value is -3.19. The number of carbonyl (C=O) groups excluding carboxylic acids is 4. The van der Waals surface area contributed by atoms with Crippen molar-refractivity contribution in [1.82, 2.24) is 10.2 Å². The lowest BCUT2D eigenvalue weighted by Crippen LogP contribution is -2.43. The predicted octanol–water partition coefficient (Wildman–Crippen LogP) is 3.97. The highest BCUT2D eigenvalue weighted by Crippen LogP contribution is 2.33. The Morgan fingerprint density at radius 2 is 1.68 bits per heavy atom. The third-order valence-corrected chi connectivity index (χ3v) is 5.60. The molecule has 7 nitrogen and oxygen atoms in total. The number of anilines is 1. The van der Waals surface area contributed by atoms with Crippen molar-refractivity contribution in [2.45, 2.75) is 32.7 Å². The van der Waals surface area contributed by atoms with Gasteiger partial charge in [-0.1, -0.05) is 44.5 Å². The van der Waals surface area contributed by atoms with Crippen molar-refractivity contribution in [2.24, 2.45) is 5.92 Å². The third kappa shape index (κ3) is 4.46. The quantitative estimate of drug-likeness (QED) is 0.502. The van der Waals surface area contributed by atoms with E-state index in [4.69, 9.17) is 11.6 Å². The number of Topliss-reactive ketones (excluding diaryl/α,β-unsaturated/α-hetero) is 1. The second-order valence-electron chi connectivity index (χ2n) is 7.73. The normalized spacial score (nSPS) is 18.3. The zero-order valence-corrected chi connectivity index (χ0v) is 18.3. The summed E-state index contributed by atoms with van der Waals surface area (Å²) >= 11 is 5.94. The summed E-state index contributed by atoms with van der Waals surface area (Å²) in [5, 5.41) is 6.01. The molecular formula is C23H24ClN3O4. The third-order valence-electron chi connectivity index (χ3n) is 5.34. The Kier molecular flexibility index (Phi) is 6.45. The number of carbonyl (C=O) groups is 4. The first-order valence-corrected chi connectivity index (χ1v) is 10.4. The number of rotatable bonds is 7. The Bertz CT molecular complexity index is 1020. The maximum Gasteiger partial charge on any atom is 0.325 e. The highest BCUT2D eigenvalue weighted by atomic mass is 35.5. The number of nitrogens with one attached hydrogen (secondary N) is 2. The van der Waals surface area contributed by atoms with Gasteiger partial charge in [0, 0.05) is 22.2 Å². The Balaban J connectivity index is 1.75. The van der Waals surface area contributed by atoms with Gasteiger partial charge >= 0.3 is 6.03 Å². The molecular weight excluding hydrogens is 418 g/mol. The fourth-order valence-electron chi connectivity index (χ4n) is 3.40. The minimum Gasteiger partial charge on any atom is -0.326 e. The average molecular weight is 442 g/mol. The average Bonchev–Trinajstić information content (AvgIpc) is 2.99. The van der Waals surface area contributed by atoms with Crippen LogP contribution in [-0.4, -0.2) is 35.1 Å². The van der Waals surface area contributed by atoms with Gasteiger partial charge in [0.15, 0.2) is 5.78 Å². The van der Waals surface area contributed by atoms with Crippen LogP contribution in [0, 0.1) is 5.92 Å². The predicted molar refractivity (Wildman–Crippen MR) is 118 cm³/mol. The molecule has 1 heterocycles. The maximum absolute atomic E-state index is 13.2. The van der Waals surface area contributed by atoms with Gasteiger partial charge in [0.05, 0.1) is 6.54 Å². The van der Waals surface area contributed by atoms with Crippen LogP contribution < -0.4 is 10.6 Å². The fraction of sp³-hybridized carbons (Fsp3) is 0.304. The molecule has 8 heteroatoms. The summed E-state index contributed by atoms with van der Waals surface area (Å²) in [6.07, 6.45) is 0.328. The van der Waals surface area contributed by atoms with Gasteiger partial charge in [-0.15, -0.1) is 0 Å². The molecule has 1 aliphatic rings. The first kappa shape index (κ1) is 22.5. The van der Waals surface area contributed by atoms with Crippen molar-refractivity contribution in [3.8, 4) is 0 Å². The summed E-state index contributed by atoms with van der Waals surface area (Å²) in [7, 11) is 0. The van der Waals surface area contributed by atoms with E-state index in [1.54, 1.807) is 69.3 Å². The molecule has 162 valence electrons. The number of hydrogen-bond donors (Lipinski definition) is 2. The highest BCUT2D eigenvalue weighted by Gasteiger charge is 2.51. The van der Waals surface area contributed by atoms with Gasteiger partial charge in [-0.25, -0.2) is 4.79 Å². The first-order valence-electron chi connectivity index (χ1n) is 10.0. The molecule has 0 bridgehead atoms. The standard InChI is InChI=1S/C23H24ClN3O4/c1-4-23(16-7-9-17(24)10-8-16)21(30)27(22(31)26-23)13-19(28)15-5-11-18(12-6-15)25-20(29)14(2)3/h5-12,14H,4,13H2,1-3H3,(H,25,29)(H,26,31). The van der Waals surface area contributed by atoms with E-state index in [1.165, 1.54) is 0 Å². The van der Waals surface area contributed by atoms with Crippen molar-refractivity contribution >= 4 is 40.9 Å². The summed E-state index contributed by atoms with van der Waals surface area (Å²) < 4.78 is 0.